The van der Waals surface area contributed by atoms with Gasteiger partial charge in [0.05, 0.1) is 5.69 Å². The lowest BCUT2D eigenvalue weighted by atomic mass is 9.91. The van der Waals surface area contributed by atoms with Gasteiger partial charge in [0.1, 0.15) is 11.4 Å². The van der Waals surface area contributed by atoms with E-state index in [2.05, 4.69) is 57.3 Å². The number of halogens is 1. The summed E-state index contributed by atoms with van der Waals surface area (Å²) in [6.07, 6.45) is 0. The average Bonchev–Trinajstić information content (AvgIpc) is 3.03. The minimum Gasteiger partial charge on any atom is -0.364 e. The van der Waals surface area contributed by atoms with Crippen LogP contribution in [0.4, 0.5) is 15.9 Å². The highest BCUT2D eigenvalue weighted by Crippen LogP contribution is 2.33. The smallest absolute Gasteiger partial charge is 0.261 e. The van der Waals surface area contributed by atoms with Gasteiger partial charge in [-0.25, -0.2) is 13.9 Å². The molecule has 0 radical (unpaired) electrons. The third kappa shape index (κ3) is 3.88. The van der Waals surface area contributed by atoms with E-state index in [0.29, 0.717) is 22.6 Å². The van der Waals surface area contributed by atoms with Gasteiger partial charge in [0.25, 0.3) is 5.91 Å². The lowest BCUT2D eigenvalue weighted by Gasteiger charge is -2.25. The Kier molecular flexibility index (Phi) is 4.73. The Morgan fingerprint density at radius 1 is 1.11 bits per heavy atom. The van der Waals surface area contributed by atoms with Crippen molar-refractivity contribution in [2.75, 3.05) is 10.6 Å². The van der Waals surface area contributed by atoms with Gasteiger partial charge in [-0.1, -0.05) is 20.8 Å². The zero-order chi connectivity index (χ0) is 20.9. The number of amides is 1. The van der Waals surface area contributed by atoms with Gasteiger partial charge in [-0.2, -0.15) is 0 Å². The second kappa shape index (κ2) is 6.65. The van der Waals surface area contributed by atoms with E-state index >= 15 is 0 Å². The number of nitrogens with one attached hydrogen (secondary N) is 3. The van der Waals surface area contributed by atoms with Gasteiger partial charge < -0.3 is 10.6 Å². The zero-order valence-electron chi connectivity index (χ0n) is 17.5. The number of imidazole rings is 1. The summed E-state index contributed by atoms with van der Waals surface area (Å²) in [5.41, 5.74) is 2.76. The SMILES string of the molecule is Cc1[nH]n2c(NC(C)(C)C)c(C(C)(C)C)nc2c1C(=O)Nc1ccc(F)cc1. The largest absolute Gasteiger partial charge is 0.364 e. The molecule has 7 heteroatoms. The van der Waals surface area contributed by atoms with Gasteiger partial charge in [0, 0.05) is 22.3 Å². The standard InChI is InChI=1S/C21H28FN5O/c1-12-15(19(28)23-14-10-8-13(22)9-11-14)17-24-16(20(2,3)4)18(27(17)26-12)25-21(5,6)7/h8-11,25-26H,1-7H3,(H,23,28). The van der Waals surface area contributed by atoms with E-state index in [0.717, 1.165) is 11.5 Å². The Bertz CT molecular complexity index is 1020. The quantitative estimate of drug-likeness (QED) is 0.602. The van der Waals surface area contributed by atoms with Gasteiger partial charge in [-0.05, 0) is 52.0 Å². The summed E-state index contributed by atoms with van der Waals surface area (Å²) in [6, 6.07) is 5.69. The summed E-state index contributed by atoms with van der Waals surface area (Å²) >= 11 is 0. The number of carbonyl (C=O) groups is 1. The molecule has 0 aliphatic heterocycles. The highest BCUT2D eigenvalue weighted by Gasteiger charge is 2.30. The predicted molar refractivity (Wildman–Crippen MR) is 111 cm³/mol. The molecule has 0 atom stereocenters. The molecule has 0 aliphatic carbocycles. The van der Waals surface area contributed by atoms with Crippen molar-refractivity contribution in [3.05, 3.63) is 47.0 Å². The van der Waals surface area contributed by atoms with Crippen LogP contribution in [-0.2, 0) is 5.41 Å². The van der Waals surface area contributed by atoms with E-state index in [9.17, 15) is 9.18 Å². The number of H-pyrrole nitrogens is 1. The number of fused-ring (bicyclic) bond motifs is 1. The summed E-state index contributed by atoms with van der Waals surface area (Å²) in [5, 5.41) is 9.59. The fourth-order valence-corrected chi connectivity index (χ4v) is 3.08. The average molecular weight is 385 g/mol. The minimum absolute atomic E-state index is 0.175. The molecule has 0 saturated carbocycles. The lowest BCUT2D eigenvalue weighted by molar-refractivity contribution is 0.102. The molecule has 0 saturated heterocycles. The Morgan fingerprint density at radius 2 is 1.71 bits per heavy atom. The monoisotopic (exact) mass is 385 g/mol. The molecule has 6 nitrogen and oxygen atoms in total. The van der Waals surface area contributed by atoms with Crippen molar-refractivity contribution < 1.29 is 9.18 Å². The summed E-state index contributed by atoms with van der Waals surface area (Å²) < 4.78 is 15.0. The number of aromatic amines is 1. The van der Waals surface area contributed by atoms with Crippen LogP contribution in [0.1, 0.15) is 63.3 Å². The van der Waals surface area contributed by atoms with Crippen molar-refractivity contribution >= 4 is 23.1 Å². The fourth-order valence-electron chi connectivity index (χ4n) is 3.08. The number of aryl methyl sites for hydroxylation is 1. The highest BCUT2D eigenvalue weighted by molar-refractivity contribution is 6.09. The first-order valence-corrected chi connectivity index (χ1v) is 9.33. The lowest BCUT2D eigenvalue weighted by Crippen LogP contribution is -2.29. The van der Waals surface area contributed by atoms with Crippen molar-refractivity contribution in [2.24, 2.45) is 0 Å². The highest BCUT2D eigenvalue weighted by atomic mass is 19.1. The van der Waals surface area contributed by atoms with Crippen LogP contribution in [0.3, 0.4) is 0 Å². The van der Waals surface area contributed by atoms with E-state index in [-0.39, 0.29) is 22.7 Å². The van der Waals surface area contributed by atoms with Gasteiger partial charge in [-0.15, -0.1) is 0 Å². The summed E-state index contributed by atoms with van der Waals surface area (Å²) in [7, 11) is 0. The molecule has 3 aromatic rings. The number of anilines is 2. The molecule has 0 unspecified atom stereocenters. The zero-order valence-corrected chi connectivity index (χ0v) is 17.5. The molecule has 2 aromatic heterocycles. The molecule has 2 heterocycles. The van der Waals surface area contributed by atoms with Crippen LogP contribution < -0.4 is 10.6 Å². The third-order valence-electron chi connectivity index (χ3n) is 4.29. The minimum atomic E-state index is -0.348. The molecule has 3 rings (SSSR count). The summed E-state index contributed by atoms with van der Waals surface area (Å²) in [5.74, 6) is 0.209. The van der Waals surface area contributed by atoms with Crippen LogP contribution in [0, 0.1) is 12.7 Å². The first kappa shape index (κ1) is 19.9. The van der Waals surface area contributed by atoms with Crippen molar-refractivity contribution in [2.45, 2.75) is 59.4 Å². The first-order chi connectivity index (χ1) is 12.9. The van der Waals surface area contributed by atoms with Crippen LogP contribution in [0.5, 0.6) is 0 Å². The maximum Gasteiger partial charge on any atom is 0.261 e. The van der Waals surface area contributed by atoms with E-state index in [1.165, 1.54) is 24.3 Å². The van der Waals surface area contributed by atoms with Crippen molar-refractivity contribution in [3.63, 3.8) is 0 Å². The maximum atomic E-state index is 13.1. The number of hydrogen-bond donors (Lipinski definition) is 3. The molecule has 0 bridgehead atoms. The molecule has 150 valence electrons. The molecule has 0 aliphatic rings. The van der Waals surface area contributed by atoms with E-state index in [1.54, 1.807) is 0 Å². The number of carbonyl (C=O) groups excluding carboxylic acids is 1. The van der Waals surface area contributed by atoms with Gasteiger partial charge in [-0.3, -0.25) is 9.89 Å². The second-order valence-corrected chi connectivity index (χ2v) is 9.17. The molecule has 1 amide bonds. The first-order valence-electron chi connectivity index (χ1n) is 9.33. The molecular formula is C21H28FN5O. The number of aromatic nitrogens is 3. The van der Waals surface area contributed by atoms with E-state index < -0.39 is 0 Å². The van der Waals surface area contributed by atoms with Crippen molar-refractivity contribution in [1.82, 2.24) is 14.6 Å². The summed E-state index contributed by atoms with van der Waals surface area (Å²) in [4.78, 5) is 17.8. The Morgan fingerprint density at radius 3 is 2.25 bits per heavy atom. The van der Waals surface area contributed by atoms with Crippen molar-refractivity contribution in [1.29, 1.82) is 0 Å². The predicted octanol–water partition coefficient (Wildman–Crippen LogP) is 4.87. The molecule has 3 N–H and O–H groups in total. The molecule has 1 aromatic carbocycles. The fraction of sp³-hybridized carbons (Fsp3) is 0.429. The van der Waals surface area contributed by atoms with E-state index in [4.69, 9.17) is 4.98 Å². The van der Waals surface area contributed by atoms with Crippen molar-refractivity contribution in [3.8, 4) is 0 Å². The maximum absolute atomic E-state index is 13.1. The van der Waals surface area contributed by atoms with Crippen LogP contribution in [0.2, 0.25) is 0 Å². The number of hydrogen-bond acceptors (Lipinski definition) is 3. The molecule has 28 heavy (non-hydrogen) atoms. The topological polar surface area (TPSA) is 74.2 Å². The van der Waals surface area contributed by atoms with E-state index in [1.807, 2.05) is 11.4 Å². The molecule has 0 spiro atoms. The second-order valence-electron chi connectivity index (χ2n) is 9.17. The molecule has 0 fully saturated rings. The van der Waals surface area contributed by atoms with Crippen LogP contribution in [0.25, 0.3) is 5.65 Å². The number of nitrogens with zero attached hydrogens (tertiary/aromatic N) is 2. The van der Waals surface area contributed by atoms with Crippen LogP contribution in [-0.4, -0.2) is 26.0 Å². The Hall–Kier alpha value is -2.83. The Balaban J connectivity index is 2.09. The van der Waals surface area contributed by atoms with Gasteiger partial charge >= 0.3 is 0 Å². The number of benzene rings is 1. The summed E-state index contributed by atoms with van der Waals surface area (Å²) in [6.45, 7) is 14.4. The normalized spacial score (nSPS) is 12.4. The molecular weight excluding hydrogens is 357 g/mol. The van der Waals surface area contributed by atoms with Gasteiger partial charge in [0.15, 0.2) is 11.5 Å². The number of rotatable bonds is 3. The van der Waals surface area contributed by atoms with Gasteiger partial charge in [0.2, 0.25) is 0 Å². The van der Waals surface area contributed by atoms with Crippen LogP contribution in [0.15, 0.2) is 24.3 Å². The third-order valence-corrected chi connectivity index (χ3v) is 4.29. The Labute approximate surface area is 164 Å². The van der Waals surface area contributed by atoms with Crippen LogP contribution >= 0.6 is 0 Å².